The molecule has 1 saturated heterocycles. The Balaban J connectivity index is 1.70. The Morgan fingerprint density at radius 1 is 1.35 bits per heavy atom. The first-order valence-corrected chi connectivity index (χ1v) is 8.77. The number of ether oxygens (including phenoxy) is 1. The van der Waals surface area contributed by atoms with E-state index < -0.39 is 5.41 Å². The number of rotatable bonds is 5. The molecular weight excluding hydrogens is 288 g/mol. The van der Waals surface area contributed by atoms with Gasteiger partial charge in [-0.3, -0.25) is 4.79 Å². The van der Waals surface area contributed by atoms with Crippen molar-refractivity contribution >= 4 is 5.91 Å². The molecule has 2 atom stereocenters. The summed E-state index contributed by atoms with van der Waals surface area (Å²) in [4.78, 5) is 12.8. The summed E-state index contributed by atoms with van der Waals surface area (Å²) in [6.07, 6.45) is 5.77. The summed E-state index contributed by atoms with van der Waals surface area (Å²) in [7, 11) is 1.67. The number of hydrogen-bond acceptors (Lipinski definition) is 3. The van der Waals surface area contributed by atoms with Crippen molar-refractivity contribution in [1.82, 2.24) is 10.6 Å². The SMILES string of the molecule is COCC1(C(=O)NC(C)c2ccc3c(c2)CCCC3)CCNC1. The van der Waals surface area contributed by atoms with Crippen LogP contribution in [0.3, 0.4) is 0 Å². The van der Waals surface area contributed by atoms with Gasteiger partial charge < -0.3 is 15.4 Å². The van der Waals surface area contributed by atoms with E-state index >= 15 is 0 Å². The first-order chi connectivity index (χ1) is 11.1. The molecule has 0 saturated carbocycles. The maximum absolute atomic E-state index is 12.8. The van der Waals surface area contributed by atoms with Gasteiger partial charge >= 0.3 is 0 Å². The third-order valence-electron chi connectivity index (χ3n) is 5.37. The minimum atomic E-state index is -0.419. The molecule has 4 nitrogen and oxygen atoms in total. The van der Waals surface area contributed by atoms with Crippen LogP contribution in [-0.4, -0.2) is 32.7 Å². The Labute approximate surface area is 139 Å². The van der Waals surface area contributed by atoms with E-state index in [4.69, 9.17) is 4.74 Å². The summed E-state index contributed by atoms with van der Waals surface area (Å²) < 4.78 is 5.31. The summed E-state index contributed by atoms with van der Waals surface area (Å²) in [6, 6.07) is 6.73. The van der Waals surface area contributed by atoms with Gasteiger partial charge in [-0.05, 0) is 62.3 Å². The maximum atomic E-state index is 12.8. The lowest BCUT2D eigenvalue weighted by Gasteiger charge is -2.28. The van der Waals surface area contributed by atoms with E-state index in [0.29, 0.717) is 13.2 Å². The molecule has 1 fully saturated rings. The number of methoxy groups -OCH3 is 1. The predicted molar refractivity (Wildman–Crippen MR) is 91.4 cm³/mol. The van der Waals surface area contributed by atoms with Crippen molar-refractivity contribution < 1.29 is 9.53 Å². The quantitative estimate of drug-likeness (QED) is 0.877. The number of hydrogen-bond donors (Lipinski definition) is 2. The standard InChI is InChI=1S/C19H28N2O2/c1-14(16-8-7-15-5-3-4-6-17(15)11-16)21-18(22)19(13-23-2)9-10-20-12-19/h7-8,11,14,20H,3-6,9-10,12-13H2,1-2H3,(H,21,22). The lowest BCUT2D eigenvalue weighted by Crippen LogP contribution is -2.46. The van der Waals surface area contributed by atoms with Crippen molar-refractivity contribution in [3.8, 4) is 0 Å². The molecule has 1 aliphatic carbocycles. The monoisotopic (exact) mass is 316 g/mol. The molecule has 0 spiro atoms. The van der Waals surface area contributed by atoms with Crippen LogP contribution in [0.15, 0.2) is 18.2 Å². The maximum Gasteiger partial charge on any atom is 0.230 e. The fourth-order valence-electron chi connectivity index (χ4n) is 3.86. The van der Waals surface area contributed by atoms with E-state index in [1.165, 1.54) is 42.4 Å². The average Bonchev–Trinajstić information content (AvgIpc) is 3.04. The summed E-state index contributed by atoms with van der Waals surface area (Å²) in [5.41, 5.74) is 3.73. The highest BCUT2D eigenvalue weighted by molar-refractivity contribution is 5.84. The zero-order chi connectivity index (χ0) is 16.3. The van der Waals surface area contributed by atoms with E-state index in [1.807, 2.05) is 0 Å². The van der Waals surface area contributed by atoms with Gasteiger partial charge in [0.25, 0.3) is 0 Å². The first-order valence-electron chi connectivity index (χ1n) is 8.77. The first kappa shape index (κ1) is 16.5. The van der Waals surface area contributed by atoms with Gasteiger partial charge in [-0.1, -0.05) is 18.2 Å². The molecule has 2 unspecified atom stereocenters. The number of nitrogens with one attached hydrogen (secondary N) is 2. The number of amides is 1. The number of carbonyl (C=O) groups excluding carboxylic acids is 1. The number of carbonyl (C=O) groups is 1. The van der Waals surface area contributed by atoms with Crippen molar-refractivity contribution in [3.63, 3.8) is 0 Å². The second kappa shape index (κ2) is 7.02. The van der Waals surface area contributed by atoms with Gasteiger partial charge in [0.05, 0.1) is 18.1 Å². The molecule has 126 valence electrons. The molecule has 2 aliphatic rings. The third kappa shape index (κ3) is 3.43. The molecule has 1 aromatic carbocycles. The summed E-state index contributed by atoms with van der Waals surface area (Å²) in [5, 5.41) is 6.50. The Kier molecular flexibility index (Phi) is 5.02. The third-order valence-corrected chi connectivity index (χ3v) is 5.37. The highest BCUT2D eigenvalue weighted by atomic mass is 16.5. The van der Waals surface area contributed by atoms with Crippen molar-refractivity contribution in [3.05, 3.63) is 34.9 Å². The fraction of sp³-hybridized carbons (Fsp3) is 0.632. The lowest BCUT2D eigenvalue weighted by molar-refractivity contribution is -0.133. The molecule has 1 aliphatic heterocycles. The van der Waals surface area contributed by atoms with Crippen LogP contribution in [0.25, 0.3) is 0 Å². The van der Waals surface area contributed by atoms with Gasteiger partial charge in [-0.2, -0.15) is 0 Å². The number of fused-ring (bicyclic) bond motifs is 1. The van der Waals surface area contributed by atoms with Crippen LogP contribution in [-0.2, 0) is 22.4 Å². The van der Waals surface area contributed by atoms with Crippen LogP contribution < -0.4 is 10.6 Å². The van der Waals surface area contributed by atoms with Gasteiger partial charge in [0, 0.05) is 13.7 Å². The number of aryl methyl sites for hydroxylation is 2. The molecule has 23 heavy (non-hydrogen) atoms. The second-order valence-corrected chi connectivity index (χ2v) is 7.07. The molecule has 1 amide bonds. The molecule has 1 aromatic rings. The van der Waals surface area contributed by atoms with Gasteiger partial charge in [-0.15, -0.1) is 0 Å². The highest BCUT2D eigenvalue weighted by Gasteiger charge is 2.41. The zero-order valence-corrected chi connectivity index (χ0v) is 14.3. The lowest BCUT2D eigenvalue weighted by atomic mass is 9.86. The van der Waals surface area contributed by atoms with Crippen LogP contribution in [0.1, 0.15) is 48.9 Å². The smallest absolute Gasteiger partial charge is 0.230 e. The van der Waals surface area contributed by atoms with Crippen LogP contribution in [0, 0.1) is 5.41 Å². The predicted octanol–water partition coefficient (Wildman–Crippen LogP) is 2.37. The minimum absolute atomic E-state index is 0.0315. The fourth-order valence-corrected chi connectivity index (χ4v) is 3.86. The Morgan fingerprint density at radius 2 is 2.13 bits per heavy atom. The van der Waals surface area contributed by atoms with Crippen molar-refractivity contribution in [2.24, 2.45) is 5.41 Å². The van der Waals surface area contributed by atoms with Crippen LogP contribution in [0.4, 0.5) is 0 Å². The summed E-state index contributed by atoms with van der Waals surface area (Å²) >= 11 is 0. The van der Waals surface area contributed by atoms with E-state index in [1.54, 1.807) is 7.11 Å². The van der Waals surface area contributed by atoms with Crippen molar-refractivity contribution in [2.45, 2.75) is 45.1 Å². The average molecular weight is 316 g/mol. The van der Waals surface area contributed by atoms with E-state index in [-0.39, 0.29) is 11.9 Å². The van der Waals surface area contributed by atoms with Gasteiger partial charge in [0.2, 0.25) is 5.91 Å². The minimum Gasteiger partial charge on any atom is -0.384 e. The zero-order valence-electron chi connectivity index (χ0n) is 14.3. The van der Waals surface area contributed by atoms with Crippen LogP contribution >= 0.6 is 0 Å². The van der Waals surface area contributed by atoms with Gasteiger partial charge in [0.15, 0.2) is 0 Å². The van der Waals surface area contributed by atoms with Crippen LogP contribution in [0.2, 0.25) is 0 Å². The number of benzene rings is 1. The van der Waals surface area contributed by atoms with Gasteiger partial charge in [0.1, 0.15) is 0 Å². The van der Waals surface area contributed by atoms with E-state index in [9.17, 15) is 4.79 Å². The molecule has 1 heterocycles. The molecule has 0 aromatic heterocycles. The topological polar surface area (TPSA) is 50.4 Å². The molecule has 2 N–H and O–H groups in total. The summed E-state index contributed by atoms with van der Waals surface area (Å²) in [5.74, 6) is 0.106. The highest BCUT2D eigenvalue weighted by Crippen LogP contribution is 2.29. The van der Waals surface area contributed by atoms with Gasteiger partial charge in [-0.25, -0.2) is 0 Å². The second-order valence-electron chi connectivity index (χ2n) is 7.07. The van der Waals surface area contributed by atoms with E-state index in [0.717, 1.165) is 13.0 Å². The van der Waals surface area contributed by atoms with Crippen molar-refractivity contribution in [2.75, 3.05) is 26.8 Å². The summed E-state index contributed by atoms with van der Waals surface area (Å²) in [6.45, 7) is 4.13. The molecule has 0 radical (unpaired) electrons. The molecule has 0 bridgehead atoms. The Morgan fingerprint density at radius 3 is 2.83 bits per heavy atom. The van der Waals surface area contributed by atoms with E-state index in [2.05, 4.69) is 35.8 Å². The van der Waals surface area contributed by atoms with Crippen molar-refractivity contribution in [1.29, 1.82) is 0 Å². The largest absolute Gasteiger partial charge is 0.384 e. The molecular formula is C19H28N2O2. The molecule has 3 rings (SSSR count). The van der Waals surface area contributed by atoms with Crippen LogP contribution in [0.5, 0.6) is 0 Å². The molecule has 4 heteroatoms. The normalized spacial score (nSPS) is 25.0. The Hall–Kier alpha value is -1.39. The Bertz CT molecular complexity index is 564.